The Kier molecular flexibility index (Phi) is 4.66. The number of nitrogens with zero attached hydrogens (tertiary/aromatic N) is 4. The Morgan fingerprint density at radius 3 is 2.46 bits per heavy atom. The fraction of sp³-hybridized carbons (Fsp3) is 0.333. The molecule has 2 heterocycles. The van der Waals surface area contributed by atoms with Gasteiger partial charge < -0.3 is 5.32 Å². The van der Waals surface area contributed by atoms with Gasteiger partial charge in [0.25, 0.3) is 5.95 Å². The van der Waals surface area contributed by atoms with Crippen LogP contribution in [0.2, 0.25) is 0 Å². The summed E-state index contributed by atoms with van der Waals surface area (Å²) in [6, 6.07) is 8.26. The summed E-state index contributed by atoms with van der Waals surface area (Å²) in [5.41, 5.74) is 4.04. The van der Waals surface area contributed by atoms with E-state index in [0.717, 1.165) is 22.6 Å². The molecule has 1 aliphatic carbocycles. The molecule has 1 aromatic carbocycles. The summed E-state index contributed by atoms with van der Waals surface area (Å²) >= 11 is 0. The zero-order valence-corrected chi connectivity index (χ0v) is 16.2. The molecule has 0 fully saturated rings. The molecule has 1 aliphatic rings. The van der Waals surface area contributed by atoms with Crippen LogP contribution in [0.15, 0.2) is 30.3 Å². The number of rotatable bonds is 4. The van der Waals surface area contributed by atoms with Crippen LogP contribution in [0.5, 0.6) is 0 Å². The molecule has 28 heavy (non-hydrogen) atoms. The summed E-state index contributed by atoms with van der Waals surface area (Å²) in [6.07, 6.45) is 0.984. The largest absolute Gasteiger partial charge is 0.368 e. The van der Waals surface area contributed by atoms with E-state index >= 15 is 0 Å². The summed E-state index contributed by atoms with van der Waals surface area (Å²) in [5, 5.41) is 7.82. The van der Waals surface area contributed by atoms with Crippen LogP contribution >= 0.6 is 0 Å². The number of anilines is 1. The number of nitrogens with one attached hydrogen (secondary N) is 1. The van der Waals surface area contributed by atoms with Gasteiger partial charge in [0, 0.05) is 24.4 Å². The fourth-order valence-corrected chi connectivity index (χ4v) is 3.80. The monoisotopic (exact) mass is 379 g/mol. The van der Waals surface area contributed by atoms with Crippen LogP contribution < -0.4 is 5.32 Å². The summed E-state index contributed by atoms with van der Waals surface area (Å²) in [7, 11) is 0. The smallest absolute Gasteiger partial charge is 0.251 e. The number of Topliss-reactive ketones (excluding diaryl/α,β-unsaturated/α-hetero) is 1. The van der Waals surface area contributed by atoms with Crippen LogP contribution in [0.3, 0.4) is 0 Å². The molecule has 0 spiro atoms. The molecular weight excluding hydrogens is 357 g/mol. The molecule has 144 valence electrons. The minimum absolute atomic E-state index is 0.0298. The zero-order chi connectivity index (χ0) is 19.8. The summed E-state index contributed by atoms with van der Waals surface area (Å²) in [6.45, 7) is 6.44. The molecule has 4 rings (SSSR count). The zero-order valence-electron chi connectivity index (χ0n) is 16.2. The van der Waals surface area contributed by atoms with Gasteiger partial charge in [-0.05, 0) is 56.9 Å². The van der Waals surface area contributed by atoms with Gasteiger partial charge in [0.05, 0.1) is 11.3 Å². The van der Waals surface area contributed by atoms with Gasteiger partial charge in [-0.2, -0.15) is 0 Å². The van der Waals surface area contributed by atoms with E-state index in [4.69, 9.17) is 0 Å². The van der Waals surface area contributed by atoms with Gasteiger partial charge in [0.2, 0.25) is 0 Å². The Hall–Kier alpha value is -3.09. The van der Waals surface area contributed by atoms with Gasteiger partial charge in [0.15, 0.2) is 11.6 Å². The molecule has 2 aromatic heterocycles. The first-order chi connectivity index (χ1) is 13.5. The minimum Gasteiger partial charge on any atom is -0.368 e. The number of fused-ring (bicyclic) bond motifs is 1. The molecule has 6 nitrogen and oxygen atoms in total. The first kappa shape index (κ1) is 18.3. The van der Waals surface area contributed by atoms with E-state index in [1.165, 1.54) is 12.1 Å². The second-order valence-corrected chi connectivity index (χ2v) is 7.14. The SMILES string of the molecule is CCNc1nn(-c2nc(C)cc(C)n2)c2c1C(=O)C[C@H](c1ccc(F)cc1)C2. The van der Waals surface area contributed by atoms with Crippen molar-refractivity contribution >= 4 is 11.6 Å². The molecule has 0 saturated carbocycles. The number of ketones is 1. The highest BCUT2D eigenvalue weighted by Crippen LogP contribution is 2.36. The van der Waals surface area contributed by atoms with E-state index in [1.54, 1.807) is 16.8 Å². The highest BCUT2D eigenvalue weighted by Gasteiger charge is 2.34. The highest BCUT2D eigenvalue weighted by atomic mass is 19.1. The maximum absolute atomic E-state index is 13.3. The van der Waals surface area contributed by atoms with E-state index < -0.39 is 0 Å². The van der Waals surface area contributed by atoms with Gasteiger partial charge in [-0.3, -0.25) is 4.79 Å². The molecule has 0 amide bonds. The molecule has 0 aliphatic heterocycles. The third-order valence-electron chi connectivity index (χ3n) is 4.98. The summed E-state index contributed by atoms with van der Waals surface area (Å²) in [4.78, 5) is 22.0. The lowest BCUT2D eigenvalue weighted by Gasteiger charge is -2.23. The van der Waals surface area contributed by atoms with Gasteiger partial charge >= 0.3 is 0 Å². The van der Waals surface area contributed by atoms with E-state index in [-0.39, 0.29) is 17.5 Å². The number of halogens is 1. The number of hydrogen-bond acceptors (Lipinski definition) is 5. The van der Waals surface area contributed by atoms with E-state index in [0.29, 0.717) is 36.7 Å². The Bertz CT molecular complexity index is 1020. The van der Waals surface area contributed by atoms with Crippen LogP contribution in [0.4, 0.5) is 10.2 Å². The maximum Gasteiger partial charge on any atom is 0.251 e. The van der Waals surface area contributed by atoms with E-state index in [9.17, 15) is 9.18 Å². The third-order valence-corrected chi connectivity index (χ3v) is 4.98. The van der Waals surface area contributed by atoms with E-state index in [1.807, 2.05) is 26.8 Å². The van der Waals surface area contributed by atoms with Crippen molar-refractivity contribution in [1.29, 1.82) is 0 Å². The molecule has 1 atom stereocenters. The van der Waals surface area contributed by atoms with Crippen molar-refractivity contribution in [1.82, 2.24) is 19.7 Å². The second kappa shape index (κ2) is 7.14. The van der Waals surface area contributed by atoms with Gasteiger partial charge in [-0.1, -0.05) is 12.1 Å². The lowest BCUT2D eigenvalue weighted by atomic mass is 9.82. The van der Waals surface area contributed by atoms with Gasteiger partial charge in [-0.15, -0.1) is 5.10 Å². The predicted molar refractivity (Wildman–Crippen MR) is 105 cm³/mol. The molecule has 0 bridgehead atoms. The Balaban J connectivity index is 1.83. The minimum atomic E-state index is -0.283. The number of hydrogen-bond donors (Lipinski definition) is 1. The second-order valence-electron chi connectivity index (χ2n) is 7.14. The first-order valence-corrected chi connectivity index (χ1v) is 9.43. The summed E-state index contributed by atoms with van der Waals surface area (Å²) in [5.74, 6) is 0.751. The molecule has 0 saturated heterocycles. The summed E-state index contributed by atoms with van der Waals surface area (Å²) < 4.78 is 15.0. The molecule has 0 radical (unpaired) electrons. The Labute approximate surface area is 162 Å². The number of carbonyl (C=O) groups is 1. The van der Waals surface area contributed by atoms with Crippen molar-refractivity contribution in [2.24, 2.45) is 0 Å². The van der Waals surface area contributed by atoms with Crippen LogP contribution in [0.25, 0.3) is 5.95 Å². The van der Waals surface area contributed by atoms with Gasteiger partial charge in [-0.25, -0.2) is 19.0 Å². The van der Waals surface area contributed by atoms with Gasteiger partial charge in [0.1, 0.15) is 5.82 Å². The lowest BCUT2D eigenvalue weighted by molar-refractivity contribution is 0.0964. The average Bonchev–Trinajstić information content (AvgIpc) is 3.01. The molecule has 7 heteroatoms. The predicted octanol–water partition coefficient (Wildman–Crippen LogP) is 3.76. The molecular formula is C21H22FN5O. The number of aromatic nitrogens is 4. The van der Waals surface area contributed by atoms with Crippen molar-refractivity contribution in [3.05, 3.63) is 64.4 Å². The molecule has 3 aromatic rings. The van der Waals surface area contributed by atoms with Crippen LogP contribution in [0.1, 0.15) is 52.3 Å². The van der Waals surface area contributed by atoms with Crippen molar-refractivity contribution in [3.8, 4) is 5.95 Å². The van der Waals surface area contributed by atoms with Crippen molar-refractivity contribution in [2.75, 3.05) is 11.9 Å². The normalized spacial score (nSPS) is 16.1. The first-order valence-electron chi connectivity index (χ1n) is 9.43. The van der Waals surface area contributed by atoms with Crippen LogP contribution in [-0.4, -0.2) is 32.1 Å². The maximum atomic E-state index is 13.3. The number of carbonyl (C=O) groups excluding carboxylic acids is 1. The van der Waals surface area contributed by atoms with Crippen molar-refractivity contribution in [2.45, 2.75) is 39.5 Å². The highest BCUT2D eigenvalue weighted by molar-refractivity contribution is 6.03. The quantitative estimate of drug-likeness (QED) is 0.747. The topological polar surface area (TPSA) is 72.7 Å². The standard InChI is InChI=1S/C21H22FN5O/c1-4-23-20-19-17(27(26-20)21-24-12(2)9-13(3)25-21)10-15(11-18(19)28)14-5-7-16(22)8-6-14/h5-9,15H,4,10-11H2,1-3H3,(H,23,26)/t15-/m1/s1. The number of benzene rings is 1. The van der Waals surface area contributed by atoms with Crippen molar-refractivity contribution in [3.63, 3.8) is 0 Å². The Morgan fingerprint density at radius 2 is 1.82 bits per heavy atom. The molecule has 0 unspecified atom stereocenters. The number of aryl methyl sites for hydroxylation is 2. The van der Waals surface area contributed by atoms with E-state index in [2.05, 4.69) is 20.4 Å². The van der Waals surface area contributed by atoms with Crippen molar-refractivity contribution < 1.29 is 9.18 Å². The Morgan fingerprint density at radius 1 is 1.14 bits per heavy atom. The van der Waals surface area contributed by atoms with Crippen LogP contribution in [-0.2, 0) is 6.42 Å². The lowest BCUT2D eigenvalue weighted by Crippen LogP contribution is -2.21. The average molecular weight is 379 g/mol. The van der Waals surface area contributed by atoms with Crippen LogP contribution in [0, 0.1) is 19.7 Å². The molecule has 1 N–H and O–H groups in total. The third kappa shape index (κ3) is 3.28. The fourth-order valence-electron chi connectivity index (χ4n) is 3.80.